The number of alkyl halides is 3. The van der Waals surface area contributed by atoms with Gasteiger partial charge in [-0.05, 0) is 60.9 Å². The van der Waals surface area contributed by atoms with Crippen LogP contribution < -0.4 is 10.1 Å². The zero-order chi connectivity index (χ0) is 27.0. The molecule has 2 aromatic carbocycles. The molecule has 0 radical (unpaired) electrons. The van der Waals surface area contributed by atoms with Crippen LogP contribution >= 0.6 is 0 Å². The number of aliphatic hydroxyl groups excluding tert-OH is 1. The van der Waals surface area contributed by atoms with Crippen LogP contribution in [0.15, 0.2) is 71.8 Å². The molecule has 1 atom stereocenters. The molecule has 1 saturated carbocycles. The first-order valence-corrected chi connectivity index (χ1v) is 13.3. The molecule has 2 N–H and O–H groups in total. The lowest BCUT2D eigenvalue weighted by atomic mass is 9.81. The lowest BCUT2D eigenvalue weighted by molar-refractivity contribution is -0.137. The average Bonchev–Trinajstić information content (AvgIpc) is 2.83. The normalized spacial score (nSPS) is 19.1. The molecular formula is C27H29F3N2O4S. The van der Waals surface area contributed by atoms with Crippen molar-refractivity contribution in [2.24, 2.45) is 5.92 Å². The zero-order valence-electron chi connectivity index (χ0n) is 20.7. The number of ether oxygens (including phenoxy) is 1. The van der Waals surface area contributed by atoms with Crippen LogP contribution in [-0.2, 0) is 21.4 Å². The minimum atomic E-state index is -4.62. The van der Waals surface area contributed by atoms with E-state index >= 15 is 0 Å². The summed E-state index contributed by atoms with van der Waals surface area (Å²) in [5, 5.41) is 12.7. The Labute approximate surface area is 214 Å². The standard InChI is InChI=1S/C27H29F3N2O4S/c1-26(2,18-7-10-21(36-3)11-8-18)24-12-9-20(16-31-24)32-25(33)17-13-23(14-17)37(34,35)22-6-4-5-19(15-22)27(28,29)30/h4-12,15-17,23,25,32-33H,13-14H2,1-3H3. The number of nitrogens with one attached hydrogen (secondary N) is 1. The second-order valence-corrected chi connectivity index (χ2v) is 12.0. The quantitative estimate of drug-likeness (QED) is 0.376. The number of halogens is 3. The molecule has 0 amide bonds. The van der Waals surface area contributed by atoms with Gasteiger partial charge in [-0.15, -0.1) is 0 Å². The van der Waals surface area contributed by atoms with Crippen LogP contribution in [0.25, 0.3) is 0 Å². The van der Waals surface area contributed by atoms with Crippen molar-refractivity contribution in [1.82, 2.24) is 4.98 Å². The number of anilines is 1. The molecule has 1 aliphatic carbocycles. The maximum absolute atomic E-state index is 13.0. The van der Waals surface area contributed by atoms with E-state index in [2.05, 4.69) is 24.1 Å². The topological polar surface area (TPSA) is 88.5 Å². The summed E-state index contributed by atoms with van der Waals surface area (Å²) in [4.78, 5) is 4.20. The van der Waals surface area contributed by atoms with Gasteiger partial charge in [-0.25, -0.2) is 8.42 Å². The fraction of sp³-hybridized carbons (Fsp3) is 0.370. The van der Waals surface area contributed by atoms with Gasteiger partial charge < -0.3 is 15.2 Å². The highest BCUT2D eigenvalue weighted by molar-refractivity contribution is 7.92. The molecular weight excluding hydrogens is 505 g/mol. The summed E-state index contributed by atoms with van der Waals surface area (Å²) in [6, 6.07) is 15.2. The van der Waals surface area contributed by atoms with Crippen molar-refractivity contribution < 1.29 is 31.4 Å². The Bertz CT molecular complexity index is 1340. The Hall–Kier alpha value is -3.11. The fourth-order valence-corrected chi connectivity index (χ4v) is 6.40. The van der Waals surface area contributed by atoms with Gasteiger partial charge in [0.15, 0.2) is 9.84 Å². The Kier molecular flexibility index (Phi) is 7.27. The smallest absolute Gasteiger partial charge is 0.416 e. The van der Waals surface area contributed by atoms with Crippen molar-refractivity contribution >= 4 is 15.5 Å². The van der Waals surface area contributed by atoms with E-state index in [0.29, 0.717) is 11.8 Å². The van der Waals surface area contributed by atoms with E-state index in [1.165, 1.54) is 6.07 Å². The van der Waals surface area contributed by atoms with E-state index in [-0.39, 0.29) is 29.1 Å². The van der Waals surface area contributed by atoms with E-state index in [4.69, 9.17) is 4.74 Å². The van der Waals surface area contributed by atoms with Crippen LogP contribution in [0.3, 0.4) is 0 Å². The van der Waals surface area contributed by atoms with E-state index in [0.717, 1.165) is 29.1 Å². The number of pyridine rings is 1. The first-order chi connectivity index (χ1) is 17.3. The van der Waals surface area contributed by atoms with Gasteiger partial charge >= 0.3 is 6.18 Å². The molecule has 1 aliphatic rings. The summed E-state index contributed by atoms with van der Waals surface area (Å²) in [5.41, 5.74) is 1.09. The van der Waals surface area contributed by atoms with Crippen LogP contribution in [0, 0.1) is 5.92 Å². The van der Waals surface area contributed by atoms with Gasteiger partial charge in [0.05, 0.1) is 40.4 Å². The second-order valence-electron chi connectivity index (χ2n) is 9.80. The van der Waals surface area contributed by atoms with Crippen molar-refractivity contribution in [3.8, 4) is 5.75 Å². The third-order valence-electron chi connectivity index (χ3n) is 7.04. The third kappa shape index (κ3) is 5.60. The number of sulfone groups is 1. The Morgan fingerprint density at radius 2 is 1.70 bits per heavy atom. The highest BCUT2D eigenvalue weighted by Crippen LogP contribution is 2.40. The maximum Gasteiger partial charge on any atom is 0.416 e. The number of rotatable bonds is 8. The Morgan fingerprint density at radius 3 is 2.27 bits per heavy atom. The highest BCUT2D eigenvalue weighted by atomic mass is 32.2. The summed E-state index contributed by atoms with van der Waals surface area (Å²) in [5.74, 6) is 0.405. The largest absolute Gasteiger partial charge is 0.497 e. The van der Waals surface area contributed by atoms with E-state index in [9.17, 15) is 26.7 Å². The SMILES string of the molecule is COc1ccc(C(C)(C)c2ccc(NC(O)C3CC(S(=O)(=O)c4cccc(C(F)(F)F)c4)C3)cn2)cc1. The van der Waals surface area contributed by atoms with E-state index < -0.39 is 33.1 Å². The predicted molar refractivity (Wildman–Crippen MR) is 134 cm³/mol. The highest BCUT2D eigenvalue weighted by Gasteiger charge is 2.43. The van der Waals surface area contributed by atoms with Crippen molar-refractivity contribution in [2.75, 3.05) is 12.4 Å². The van der Waals surface area contributed by atoms with Crippen LogP contribution in [-0.4, -0.2) is 37.1 Å². The first-order valence-electron chi connectivity index (χ1n) is 11.8. The fourth-order valence-electron chi connectivity index (χ4n) is 4.45. The number of aliphatic hydroxyl groups is 1. The van der Waals surface area contributed by atoms with Crippen LogP contribution in [0.1, 0.15) is 43.5 Å². The number of nitrogens with zero attached hydrogens (tertiary/aromatic N) is 1. The molecule has 0 bridgehead atoms. The van der Waals surface area contributed by atoms with Crippen LogP contribution in [0.2, 0.25) is 0 Å². The van der Waals surface area contributed by atoms with Gasteiger partial charge in [0.25, 0.3) is 0 Å². The Morgan fingerprint density at radius 1 is 1.03 bits per heavy atom. The first kappa shape index (κ1) is 26.9. The summed E-state index contributed by atoms with van der Waals surface area (Å²) in [6.45, 7) is 4.11. The number of methoxy groups -OCH3 is 1. The molecule has 0 aliphatic heterocycles. The van der Waals surface area contributed by atoms with Gasteiger partial charge in [0.2, 0.25) is 0 Å². The van der Waals surface area contributed by atoms with Gasteiger partial charge in [0, 0.05) is 11.3 Å². The van der Waals surface area contributed by atoms with Crippen molar-refractivity contribution in [1.29, 1.82) is 0 Å². The molecule has 1 unspecified atom stereocenters. The summed E-state index contributed by atoms with van der Waals surface area (Å²) < 4.78 is 69.8. The third-order valence-corrected chi connectivity index (χ3v) is 9.21. The number of hydrogen-bond acceptors (Lipinski definition) is 6. The van der Waals surface area contributed by atoms with Gasteiger partial charge in [-0.1, -0.05) is 32.0 Å². The second kappa shape index (κ2) is 9.98. The number of hydrogen-bond donors (Lipinski definition) is 2. The molecule has 3 aromatic rings. The molecule has 1 fully saturated rings. The minimum absolute atomic E-state index is 0.142. The summed E-state index contributed by atoms with van der Waals surface area (Å²) in [6.07, 6.45) is -3.75. The van der Waals surface area contributed by atoms with E-state index in [1.54, 1.807) is 19.4 Å². The molecule has 0 spiro atoms. The van der Waals surface area contributed by atoms with Crippen molar-refractivity contribution in [3.63, 3.8) is 0 Å². The maximum atomic E-state index is 13.0. The van der Waals surface area contributed by atoms with Gasteiger partial charge in [0.1, 0.15) is 12.0 Å². The van der Waals surface area contributed by atoms with Crippen LogP contribution in [0.4, 0.5) is 18.9 Å². The molecule has 1 aromatic heterocycles. The van der Waals surface area contributed by atoms with E-state index in [1.807, 2.05) is 30.3 Å². The molecule has 198 valence electrons. The van der Waals surface area contributed by atoms with Gasteiger partial charge in [-0.3, -0.25) is 4.98 Å². The molecule has 4 rings (SSSR count). The van der Waals surface area contributed by atoms with Gasteiger partial charge in [-0.2, -0.15) is 13.2 Å². The lowest BCUT2D eigenvalue weighted by Gasteiger charge is -2.38. The predicted octanol–water partition coefficient (Wildman–Crippen LogP) is 5.42. The number of aromatic nitrogens is 1. The summed E-state index contributed by atoms with van der Waals surface area (Å²) >= 11 is 0. The molecule has 6 nitrogen and oxygen atoms in total. The van der Waals surface area contributed by atoms with Crippen molar-refractivity contribution in [3.05, 3.63) is 83.7 Å². The average molecular weight is 535 g/mol. The zero-order valence-corrected chi connectivity index (χ0v) is 21.5. The number of benzene rings is 2. The van der Waals surface area contributed by atoms with Crippen molar-refractivity contribution in [2.45, 2.75) is 54.7 Å². The molecule has 0 saturated heterocycles. The molecule has 37 heavy (non-hydrogen) atoms. The monoisotopic (exact) mass is 534 g/mol. The Balaban J connectivity index is 1.37. The minimum Gasteiger partial charge on any atom is -0.497 e. The lowest BCUT2D eigenvalue weighted by Crippen LogP contribution is -2.44. The summed E-state index contributed by atoms with van der Waals surface area (Å²) in [7, 11) is -2.32. The molecule has 1 heterocycles. The molecule has 10 heteroatoms. The van der Waals surface area contributed by atoms with Crippen LogP contribution in [0.5, 0.6) is 5.75 Å².